The summed E-state index contributed by atoms with van der Waals surface area (Å²) < 4.78 is 37.4. The lowest BCUT2D eigenvalue weighted by Gasteiger charge is -2.30. The highest BCUT2D eigenvalue weighted by atomic mass is 32.2. The van der Waals surface area contributed by atoms with E-state index in [0.29, 0.717) is 37.8 Å². The minimum absolute atomic E-state index is 0.0353. The molecule has 160 valence electrons. The molecule has 2 heterocycles. The first-order valence-electron chi connectivity index (χ1n) is 9.92. The summed E-state index contributed by atoms with van der Waals surface area (Å²) in [5, 5.41) is 0. The number of ether oxygens (including phenoxy) is 2. The summed E-state index contributed by atoms with van der Waals surface area (Å²) in [4.78, 5) is 26.6. The molecule has 2 aliphatic rings. The van der Waals surface area contributed by atoms with Gasteiger partial charge in [0, 0.05) is 26.2 Å². The first-order valence-corrected chi connectivity index (χ1v) is 11.4. The van der Waals surface area contributed by atoms with Crippen molar-refractivity contribution in [1.29, 1.82) is 0 Å². The zero-order valence-electron chi connectivity index (χ0n) is 16.9. The molecule has 0 aromatic heterocycles. The van der Waals surface area contributed by atoms with Crippen LogP contribution in [-0.4, -0.2) is 75.5 Å². The van der Waals surface area contributed by atoms with E-state index in [0.717, 1.165) is 12.8 Å². The largest absolute Gasteiger partial charge is 0.452 e. The fourth-order valence-corrected chi connectivity index (χ4v) is 5.06. The van der Waals surface area contributed by atoms with Gasteiger partial charge in [0.25, 0.3) is 5.91 Å². The molecule has 29 heavy (non-hydrogen) atoms. The average molecular weight is 425 g/mol. The Morgan fingerprint density at radius 3 is 2.62 bits per heavy atom. The fraction of sp³-hybridized carbons (Fsp3) is 0.600. The zero-order chi connectivity index (χ0) is 21.0. The van der Waals surface area contributed by atoms with E-state index in [1.807, 2.05) is 0 Å². The standard InChI is InChI=1S/C20H28N2O6S/c1-15-4-3-7-21(13-15)19(23)14-28-20(24)18-12-17(6-5-16(18)2)29(25,26)22-8-10-27-11-9-22/h5-6,12,15H,3-4,7-11,13-14H2,1-2H3. The van der Waals surface area contributed by atoms with Gasteiger partial charge in [-0.25, -0.2) is 13.2 Å². The number of hydrogen-bond acceptors (Lipinski definition) is 6. The Labute approximate surface area is 171 Å². The van der Waals surface area contributed by atoms with Crippen LogP contribution in [0.1, 0.15) is 35.7 Å². The van der Waals surface area contributed by atoms with Gasteiger partial charge >= 0.3 is 5.97 Å². The summed E-state index contributed by atoms with van der Waals surface area (Å²) in [6, 6.07) is 4.39. The monoisotopic (exact) mass is 424 g/mol. The van der Waals surface area contributed by atoms with Crippen LogP contribution in [0, 0.1) is 12.8 Å². The van der Waals surface area contributed by atoms with Gasteiger partial charge in [0.05, 0.1) is 23.7 Å². The molecule has 3 rings (SSSR count). The third-order valence-electron chi connectivity index (χ3n) is 5.37. The van der Waals surface area contributed by atoms with Gasteiger partial charge in [0.15, 0.2) is 6.61 Å². The first-order chi connectivity index (χ1) is 13.8. The van der Waals surface area contributed by atoms with Crippen molar-refractivity contribution >= 4 is 21.9 Å². The molecule has 8 nitrogen and oxygen atoms in total. The Morgan fingerprint density at radius 2 is 1.93 bits per heavy atom. The Morgan fingerprint density at radius 1 is 1.21 bits per heavy atom. The molecule has 9 heteroatoms. The van der Waals surface area contributed by atoms with Crippen LogP contribution in [-0.2, 0) is 24.3 Å². The van der Waals surface area contributed by atoms with E-state index in [1.165, 1.54) is 16.4 Å². The van der Waals surface area contributed by atoms with Crippen molar-refractivity contribution in [3.8, 4) is 0 Å². The Kier molecular flexibility index (Phi) is 6.92. The molecule has 1 unspecified atom stereocenters. The second-order valence-corrected chi connectivity index (χ2v) is 9.59. The van der Waals surface area contributed by atoms with E-state index >= 15 is 0 Å². The maximum atomic E-state index is 12.8. The first kappa shape index (κ1) is 21.7. The molecule has 0 aliphatic carbocycles. The number of benzene rings is 1. The van der Waals surface area contributed by atoms with E-state index in [4.69, 9.17) is 9.47 Å². The van der Waals surface area contributed by atoms with Crippen LogP contribution in [0.2, 0.25) is 0 Å². The second kappa shape index (κ2) is 9.23. The summed E-state index contributed by atoms with van der Waals surface area (Å²) in [6.45, 7) is 6.04. The zero-order valence-corrected chi connectivity index (χ0v) is 17.7. The maximum absolute atomic E-state index is 12.8. The highest BCUT2D eigenvalue weighted by Crippen LogP contribution is 2.21. The van der Waals surface area contributed by atoms with E-state index in [1.54, 1.807) is 17.9 Å². The number of amides is 1. The van der Waals surface area contributed by atoms with Gasteiger partial charge in [-0.05, 0) is 43.4 Å². The number of sulfonamides is 1. The predicted molar refractivity (Wildman–Crippen MR) is 106 cm³/mol. The number of aryl methyl sites for hydroxylation is 1. The fourth-order valence-electron chi connectivity index (χ4n) is 3.63. The van der Waals surface area contributed by atoms with Crippen molar-refractivity contribution in [2.75, 3.05) is 46.0 Å². The van der Waals surface area contributed by atoms with Crippen molar-refractivity contribution in [3.63, 3.8) is 0 Å². The number of piperidine rings is 1. The second-order valence-electron chi connectivity index (χ2n) is 7.66. The SMILES string of the molecule is Cc1ccc(S(=O)(=O)N2CCOCC2)cc1C(=O)OCC(=O)N1CCCC(C)C1. The van der Waals surface area contributed by atoms with Crippen molar-refractivity contribution in [3.05, 3.63) is 29.3 Å². The Bertz CT molecular complexity index is 864. The summed E-state index contributed by atoms with van der Waals surface area (Å²) in [6.07, 6.45) is 2.04. The van der Waals surface area contributed by atoms with Gasteiger partial charge in [0.1, 0.15) is 0 Å². The van der Waals surface area contributed by atoms with Crippen LogP contribution in [0.25, 0.3) is 0 Å². The van der Waals surface area contributed by atoms with Crippen LogP contribution in [0.5, 0.6) is 0 Å². The minimum atomic E-state index is -3.72. The maximum Gasteiger partial charge on any atom is 0.338 e. The molecule has 0 radical (unpaired) electrons. The van der Waals surface area contributed by atoms with Crippen molar-refractivity contribution < 1.29 is 27.5 Å². The number of morpholine rings is 1. The molecule has 2 saturated heterocycles. The third kappa shape index (κ3) is 5.15. The molecule has 1 aromatic rings. The lowest BCUT2D eigenvalue weighted by atomic mass is 10.0. The summed E-state index contributed by atoms with van der Waals surface area (Å²) in [5.74, 6) is -0.479. The number of hydrogen-bond donors (Lipinski definition) is 0. The Hall–Kier alpha value is -1.97. The molecule has 0 spiro atoms. The number of nitrogens with zero attached hydrogens (tertiary/aromatic N) is 2. The van der Waals surface area contributed by atoms with Crippen molar-refractivity contribution in [2.24, 2.45) is 5.92 Å². The minimum Gasteiger partial charge on any atom is -0.452 e. The molecular formula is C20H28N2O6S. The highest BCUT2D eigenvalue weighted by Gasteiger charge is 2.28. The van der Waals surface area contributed by atoms with Crippen LogP contribution in [0.15, 0.2) is 23.1 Å². The molecule has 2 fully saturated rings. The van der Waals surface area contributed by atoms with E-state index in [2.05, 4.69) is 6.92 Å². The third-order valence-corrected chi connectivity index (χ3v) is 7.27. The molecule has 1 aromatic carbocycles. The molecular weight excluding hydrogens is 396 g/mol. The van der Waals surface area contributed by atoms with E-state index < -0.39 is 16.0 Å². The number of likely N-dealkylation sites (tertiary alicyclic amines) is 1. The topological polar surface area (TPSA) is 93.2 Å². The van der Waals surface area contributed by atoms with Gasteiger partial charge in [-0.15, -0.1) is 0 Å². The summed E-state index contributed by atoms with van der Waals surface area (Å²) in [7, 11) is -3.72. The lowest BCUT2D eigenvalue weighted by Crippen LogP contribution is -2.41. The van der Waals surface area contributed by atoms with Gasteiger partial charge in [-0.2, -0.15) is 4.31 Å². The van der Waals surface area contributed by atoms with Crippen molar-refractivity contribution in [2.45, 2.75) is 31.6 Å². The smallest absolute Gasteiger partial charge is 0.338 e. The average Bonchev–Trinajstić information content (AvgIpc) is 2.72. The van der Waals surface area contributed by atoms with Crippen LogP contribution in [0.3, 0.4) is 0 Å². The molecule has 0 N–H and O–H groups in total. The summed E-state index contributed by atoms with van der Waals surface area (Å²) in [5.41, 5.74) is 0.745. The van der Waals surface area contributed by atoms with Crippen LogP contribution in [0.4, 0.5) is 0 Å². The number of carbonyl (C=O) groups excluding carboxylic acids is 2. The molecule has 0 saturated carbocycles. The van der Waals surface area contributed by atoms with Gasteiger partial charge in [0.2, 0.25) is 10.0 Å². The summed E-state index contributed by atoms with van der Waals surface area (Å²) >= 11 is 0. The molecule has 1 atom stereocenters. The number of rotatable bonds is 5. The lowest BCUT2D eigenvalue weighted by molar-refractivity contribution is -0.136. The van der Waals surface area contributed by atoms with Crippen molar-refractivity contribution in [1.82, 2.24) is 9.21 Å². The number of esters is 1. The molecule has 1 amide bonds. The van der Waals surface area contributed by atoms with Gasteiger partial charge in [-0.1, -0.05) is 13.0 Å². The number of carbonyl (C=O) groups is 2. The normalized spacial score (nSPS) is 21.0. The van der Waals surface area contributed by atoms with Gasteiger partial charge in [-0.3, -0.25) is 4.79 Å². The quantitative estimate of drug-likeness (QED) is 0.664. The van der Waals surface area contributed by atoms with Crippen LogP contribution >= 0.6 is 0 Å². The van der Waals surface area contributed by atoms with E-state index in [9.17, 15) is 18.0 Å². The van der Waals surface area contributed by atoms with Crippen LogP contribution < -0.4 is 0 Å². The predicted octanol–water partition coefficient (Wildman–Crippen LogP) is 1.43. The van der Waals surface area contributed by atoms with Gasteiger partial charge < -0.3 is 14.4 Å². The molecule has 2 aliphatic heterocycles. The molecule has 0 bridgehead atoms. The Balaban J connectivity index is 1.69. The highest BCUT2D eigenvalue weighted by molar-refractivity contribution is 7.89. The van der Waals surface area contributed by atoms with E-state index in [-0.39, 0.29) is 36.1 Å².